The third-order valence-electron chi connectivity index (χ3n) is 2.84. The average Bonchev–Trinajstić information content (AvgIpc) is 2.97. The van der Waals surface area contributed by atoms with Crippen LogP contribution < -0.4 is 5.43 Å². The Labute approximate surface area is 105 Å². The fourth-order valence-electron chi connectivity index (χ4n) is 1.84. The summed E-state index contributed by atoms with van der Waals surface area (Å²) in [7, 11) is 0. The number of hydrogen-bond acceptors (Lipinski definition) is 3. The van der Waals surface area contributed by atoms with Crippen molar-refractivity contribution in [2.45, 2.75) is 19.8 Å². The van der Waals surface area contributed by atoms with Gasteiger partial charge in [0.15, 0.2) is 5.82 Å². The summed E-state index contributed by atoms with van der Waals surface area (Å²) < 4.78 is 3.72. The van der Waals surface area contributed by atoms with Gasteiger partial charge in [-0.25, -0.2) is 9.50 Å². The van der Waals surface area contributed by atoms with Gasteiger partial charge in [-0.1, -0.05) is 13.8 Å². The lowest BCUT2D eigenvalue weighted by molar-refractivity contribution is 0.786. The third-order valence-corrected chi connectivity index (χ3v) is 2.84. The summed E-state index contributed by atoms with van der Waals surface area (Å²) >= 11 is 0. The molecular weight excluding hydrogens is 226 g/mol. The molecular formula is C13H15N5. The second-order valence-electron chi connectivity index (χ2n) is 4.53. The van der Waals surface area contributed by atoms with Crippen LogP contribution in [0.5, 0.6) is 0 Å². The molecule has 5 nitrogen and oxygen atoms in total. The fraction of sp³-hybridized carbons (Fsp3) is 0.231. The van der Waals surface area contributed by atoms with Crippen LogP contribution in [0.15, 0.2) is 43.0 Å². The lowest BCUT2D eigenvalue weighted by atomic mass is 10.1. The lowest BCUT2D eigenvalue weighted by Gasteiger charge is -2.07. The maximum Gasteiger partial charge on any atom is 0.171 e. The minimum atomic E-state index is 0.407. The molecule has 0 fully saturated rings. The summed E-state index contributed by atoms with van der Waals surface area (Å²) in [6, 6.07) is 6.00. The molecule has 5 heteroatoms. The van der Waals surface area contributed by atoms with Gasteiger partial charge in [0.05, 0.1) is 5.69 Å². The summed E-state index contributed by atoms with van der Waals surface area (Å²) in [6.45, 7) is 4.27. The number of anilines is 1. The van der Waals surface area contributed by atoms with E-state index in [1.165, 1.54) is 0 Å². The van der Waals surface area contributed by atoms with Crippen LogP contribution in [-0.2, 0) is 0 Å². The molecule has 3 heterocycles. The molecule has 3 aromatic heterocycles. The molecule has 0 amide bonds. The Kier molecular flexibility index (Phi) is 2.51. The maximum absolute atomic E-state index is 4.53. The highest BCUT2D eigenvalue weighted by atomic mass is 15.4. The Morgan fingerprint density at radius 3 is 2.67 bits per heavy atom. The van der Waals surface area contributed by atoms with Gasteiger partial charge in [-0.05, 0) is 24.1 Å². The summed E-state index contributed by atoms with van der Waals surface area (Å²) in [5.41, 5.74) is 5.27. The van der Waals surface area contributed by atoms with Gasteiger partial charge in [0, 0.05) is 24.8 Å². The first-order valence-corrected chi connectivity index (χ1v) is 5.98. The Balaban J connectivity index is 2.06. The fourth-order valence-corrected chi connectivity index (χ4v) is 1.84. The first kappa shape index (κ1) is 10.8. The highest BCUT2D eigenvalue weighted by molar-refractivity contribution is 5.67. The Bertz CT molecular complexity index is 651. The highest BCUT2D eigenvalue weighted by Gasteiger charge is 2.09. The van der Waals surface area contributed by atoms with Crippen molar-refractivity contribution in [1.29, 1.82) is 0 Å². The number of nitrogens with zero attached hydrogens (tertiary/aromatic N) is 4. The molecule has 18 heavy (non-hydrogen) atoms. The minimum Gasteiger partial charge on any atom is -0.276 e. The molecule has 3 rings (SSSR count). The van der Waals surface area contributed by atoms with Crippen molar-refractivity contribution in [3.8, 4) is 0 Å². The molecule has 3 aromatic rings. The molecule has 0 aliphatic carbocycles. The zero-order chi connectivity index (χ0) is 12.5. The van der Waals surface area contributed by atoms with Crippen LogP contribution >= 0.6 is 0 Å². The predicted octanol–water partition coefficient (Wildman–Crippen LogP) is 2.53. The van der Waals surface area contributed by atoms with Crippen LogP contribution in [0.1, 0.15) is 25.5 Å². The summed E-state index contributed by atoms with van der Waals surface area (Å²) in [4.78, 5) is 4.36. The van der Waals surface area contributed by atoms with E-state index in [4.69, 9.17) is 0 Å². The van der Waals surface area contributed by atoms with E-state index < -0.39 is 0 Å². The average molecular weight is 241 g/mol. The van der Waals surface area contributed by atoms with Crippen molar-refractivity contribution in [3.05, 3.63) is 48.7 Å². The molecule has 92 valence electrons. The van der Waals surface area contributed by atoms with Crippen LogP contribution in [0.25, 0.3) is 5.52 Å². The highest BCUT2D eigenvalue weighted by Crippen LogP contribution is 2.19. The van der Waals surface area contributed by atoms with E-state index in [1.807, 2.05) is 39.9 Å². The molecule has 1 N–H and O–H groups in total. The van der Waals surface area contributed by atoms with Crippen LogP contribution in [0.3, 0.4) is 0 Å². The van der Waals surface area contributed by atoms with Gasteiger partial charge in [-0.15, -0.1) is 0 Å². The second-order valence-corrected chi connectivity index (χ2v) is 4.53. The van der Waals surface area contributed by atoms with Crippen molar-refractivity contribution >= 4 is 11.3 Å². The molecule has 0 radical (unpaired) electrons. The summed E-state index contributed by atoms with van der Waals surface area (Å²) in [5, 5.41) is 4.53. The van der Waals surface area contributed by atoms with E-state index >= 15 is 0 Å². The molecule has 0 aromatic carbocycles. The van der Waals surface area contributed by atoms with E-state index in [2.05, 4.69) is 35.4 Å². The zero-order valence-corrected chi connectivity index (χ0v) is 10.4. The molecule has 0 saturated heterocycles. The quantitative estimate of drug-likeness (QED) is 0.766. The Morgan fingerprint density at radius 2 is 1.94 bits per heavy atom. The molecule has 0 bridgehead atoms. The molecule has 0 unspecified atom stereocenters. The van der Waals surface area contributed by atoms with Crippen molar-refractivity contribution in [2.24, 2.45) is 0 Å². The summed E-state index contributed by atoms with van der Waals surface area (Å²) in [6.07, 6.45) is 7.48. The van der Waals surface area contributed by atoms with Gasteiger partial charge in [-0.2, -0.15) is 5.10 Å². The third kappa shape index (κ3) is 1.84. The van der Waals surface area contributed by atoms with Gasteiger partial charge < -0.3 is 0 Å². The van der Waals surface area contributed by atoms with Crippen molar-refractivity contribution in [3.63, 3.8) is 0 Å². The number of hydrogen-bond donors (Lipinski definition) is 1. The zero-order valence-electron chi connectivity index (χ0n) is 10.4. The monoisotopic (exact) mass is 241 g/mol. The maximum atomic E-state index is 4.53. The Morgan fingerprint density at radius 1 is 1.17 bits per heavy atom. The smallest absolute Gasteiger partial charge is 0.171 e. The second kappa shape index (κ2) is 4.18. The van der Waals surface area contributed by atoms with Crippen molar-refractivity contribution in [2.75, 3.05) is 5.43 Å². The summed E-state index contributed by atoms with van der Waals surface area (Å²) in [5.74, 6) is 1.21. The molecule has 0 spiro atoms. The van der Waals surface area contributed by atoms with E-state index in [9.17, 15) is 0 Å². The number of aromatic nitrogens is 4. The van der Waals surface area contributed by atoms with Crippen LogP contribution in [0.2, 0.25) is 0 Å². The van der Waals surface area contributed by atoms with Gasteiger partial charge in [0.25, 0.3) is 0 Å². The van der Waals surface area contributed by atoms with Crippen molar-refractivity contribution in [1.82, 2.24) is 19.3 Å². The first-order chi connectivity index (χ1) is 8.74. The SMILES string of the molecule is CC(C)c1cc2c(Nn3cccc3)nccn2n1. The molecule has 0 aliphatic rings. The van der Waals surface area contributed by atoms with Gasteiger partial charge in [0.2, 0.25) is 0 Å². The predicted molar refractivity (Wildman–Crippen MR) is 70.5 cm³/mol. The van der Waals surface area contributed by atoms with E-state index in [0.717, 1.165) is 17.0 Å². The number of fused-ring (bicyclic) bond motifs is 1. The van der Waals surface area contributed by atoms with E-state index in [-0.39, 0.29) is 0 Å². The normalized spacial score (nSPS) is 11.3. The Hall–Kier alpha value is -2.30. The minimum absolute atomic E-state index is 0.407. The topological polar surface area (TPSA) is 47.2 Å². The lowest BCUT2D eigenvalue weighted by Crippen LogP contribution is -2.08. The van der Waals surface area contributed by atoms with Gasteiger partial charge >= 0.3 is 0 Å². The molecule has 0 atom stereocenters. The molecule has 0 aliphatic heterocycles. The van der Waals surface area contributed by atoms with Crippen molar-refractivity contribution < 1.29 is 0 Å². The van der Waals surface area contributed by atoms with Gasteiger partial charge in [0.1, 0.15) is 5.52 Å². The number of nitrogens with one attached hydrogen (secondary N) is 1. The number of rotatable bonds is 3. The van der Waals surface area contributed by atoms with E-state index in [0.29, 0.717) is 5.92 Å². The van der Waals surface area contributed by atoms with E-state index in [1.54, 1.807) is 6.20 Å². The van der Waals surface area contributed by atoms with Gasteiger partial charge in [-0.3, -0.25) is 10.1 Å². The largest absolute Gasteiger partial charge is 0.276 e. The first-order valence-electron chi connectivity index (χ1n) is 5.98. The molecule has 0 saturated carbocycles. The van der Waals surface area contributed by atoms with Crippen LogP contribution in [0.4, 0.5) is 5.82 Å². The van der Waals surface area contributed by atoms with Crippen LogP contribution in [0, 0.1) is 0 Å². The van der Waals surface area contributed by atoms with Crippen LogP contribution in [-0.4, -0.2) is 19.3 Å². The standard InChI is InChI=1S/C13H15N5/c1-10(2)11-9-12-13(14-5-8-18(12)15-11)16-17-6-3-4-7-17/h3-10H,1-2H3,(H,14,16).